The summed E-state index contributed by atoms with van der Waals surface area (Å²) >= 11 is 0. The van der Waals surface area contributed by atoms with Crippen molar-refractivity contribution in [1.82, 2.24) is 15.5 Å². The van der Waals surface area contributed by atoms with E-state index in [1.54, 1.807) is 7.05 Å². The highest BCUT2D eigenvalue weighted by Gasteiger charge is 2.01. The zero-order chi connectivity index (χ0) is 17.8. The summed E-state index contributed by atoms with van der Waals surface area (Å²) in [6, 6.07) is 8.64. The number of nitrogens with zero attached hydrogens (tertiary/aromatic N) is 2. The van der Waals surface area contributed by atoms with E-state index < -0.39 is 0 Å². The largest absolute Gasteiger partial charge is 0.381 e. The lowest BCUT2D eigenvalue weighted by Crippen LogP contribution is -2.37. The van der Waals surface area contributed by atoms with Crippen LogP contribution in [0.25, 0.3) is 0 Å². The normalized spacial score (nSPS) is 11.6. The number of rotatable bonds is 10. The zero-order valence-corrected chi connectivity index (χ0v) is 18.7. The lowest BCUT2D eigenvalue weighted by Gasteiger charge is -2.14. The summed E-state index contributed by atoms with van der Waals surface area (Å²) in [7, 11) is 5.97. The van der Waals surface area contributed by atoms with Crippen LogP contribution < -0.4 is 10.6 Å². The maximum absolute atomic E-state index is 5.58. The Morgan fingerprint density at radius 2 is 1.92 bits per heavy atom. The van der Waals surface area contributed by atoms with Gasteiger partial charge in [0, 0.05) is 39.9 Å². The van der Waals surface area contributed by atoms with Gasteiger partial charge in [0.05, 0.1) is 0 Å². The highest BCUT2D eigenvalue weighted by Crippen LogP contribution is 2.06. The van der Waals surface area contributed by atoms with E-state index in [-0.39, 0.29) is 24.0 Å². The minimum atomic E-state index is 0. The number of benzene rings is 1. The van der Waals surface area contributed by atoms with Gasteiger partial charge >= 0.3 is 0 Å². The first kappa shape index (κ1) is 24.1. The van der Waals surface area contributed by atoms with Gasteiger partial charge in [-0.2, -0.15) is 0 Å². The first-order valence-corrected chi connectivity index (χ1v) is 8.76. The van der Waals surface area contributed by atoms with Crippen LogP contribution in [0.5, 0.6) is 0 Å². The average Bonchev–Trinajstić information content (AvgIpc) is 2.53. The molecule has 1 aromatic carbocycles. The van der Waals surface area contributed by atoms with Crippen LogP contribution in [0.4, 0.5) is 0 Å². The number of nitrogens with one attached hydrogen (secondary N) is 2. The van der Waals surface area contributed by atoms with Crippen molar-refractivity contribution in [3.8, 4) is 0 Å². The summed E-state index contributed by atoms with van der Waals surface area (Å²) < 4.78 is 5.58. The van der Waals surface area contributed by atoms with E-state index in [4.69, 9.17) is 4.74 Å². The van der Waals surface area contributed by atoms with Crippen molar-refractivity contribution < 1.29 is 4.74 Å². The van der Waals surface area contributed by atoms with Crippen molar-refractivity contribution in [2.45, 2.75) is 33.4 Å². The van der Waals surface area contributed by atoms with Crippen molar-refractivity contribution in [3.05, 3.63) is 35.4 Å². The molecule has 0 aliphatic carbocycles. The topological polar surface area (TPSA) is 48.9 Å². The van der Waals surface area contributed by atoms with Crippen molar-refractivity contribution in [2.24, 2.45) is 10.9 Å². The molecule has 144 valence electrons. The van der Waals surface area contributed by atoms with Gasteiger partial charge in [-0.15, -0.1) is 24.0 Å². The van der Waals surface area contributed by atoms with Crippen LogP contribution in [0.2, 0.25) is 0 Å². The molecule has 6 heteroatoms. The zero-order valence-electron chi connectivity index (χ0n) is 16.3. The van der Waals surface area contributed by atoms with Gasteiger partial charge in [0.2, 0.25) is 0 Å². The van der Waals surface area contributed by atoms with Gasteiger partial charge in [0.25, 0.3) is 0 Å². The van der Waals surface area contributed by atoms with Gasteiger partial charge in [-0.05, 0) is 37.6 Å². The van der Waals surface area contributed by atoms with E-state index in [2.05, 4.69) is 72.7 Å². The van der Waals surface area contributed by atoms with Gasteiger partial charge in [0.15, 0.2) is 5.96 Å². The number of guanidine groups is 1. The van der Waals surface area contributed by atoms with E-state index in [0.29, 0.717) is 5.92 Å². The molecule has 0 unspecified atom stereocenters. The summed E-state index contributed by atoms with van der Waals surface area (Å²) in [6.07, 6.45) is 0.978. The Hall–Kier alpha value is -0.860. The average molecular weight is 462 g/mol. The Bertz CT molecular complexity index is 492. The monoisotopic (exact) mass is 462 g/mol. The Labute approximate surface area is 170 Å². The molecule has 0 bridgehead atoms. The molecule has 0 amide bonds. The van der Waals surface area contributed by atoms with Gasteiger partial charge in [-0.25, -0.2) is 0 Å². The number of hydrogen-bond donors (Lipinski definition) is 2. The molecule has 0 aromatic heterocycles. The third kappa shape index (κ3) is 12.2. The lowest BCUT2D eigenvalue weighted by atomic mass is 10.1. The number of aliphatic imine (C=N–C) groups is 1. The minimum Gasteiger partial charge on any atom is -0.381 e. The van der Waals surface area contributed by atoms with Gasteiger partial charge in [-0.3, -0.25) is 4.99 Å². The predicted molar refractivity (Wildman–Crippen MR) is 118 cm³/mol. The summed E-state index contributed by atoms with van der Waals surface area (Å²) in [5.41, 5.74) is 2.59. The molecule has 5 nitrogen and oxygen atoms in total. The molecule has 0 fully saturated rings. The third-order valence-corrected chi connectivity index (χ3v) is 3.38. The molecular formula is C19H35IN4O. The SMILES string of the molecule is CN=C(NCCCOCC(C)C)NCc1cccc(CN(C)C)c1.I. The lowest BCUT2D eigenvalue weighted by molar-refractivity contribution is 0.108. The molecule has 2 N–H and O–H groups in total. The van der Waals surface area contributed by atoms with Crippen LogP contribution in [0.3, 0.4) is 0 Å². The molecule has 1 aromatic rings. The molecule has 25 heavy (non-hydrogen) atoms. The second kappa shape index (κ2) is 14.3. The van der Waals surface area contributed by atoms with Gasteiger partial charge in [-0.1, -0.05) is 38.1 Å². The Kier molecular flexibility index (Phi) is 13.8. The highest BCUT2D eigenvalue weighted by molar-refractivity contribution is 14.0. The van der Waals surface area contributed by atoms with Crippen molar-refractivity contribution in [3.63, 3.8) is 0 Å². The number of hydrogen-bond acceptors (Lipinski definition) is 3. The second-order valence-electron chi connectivity index (χ2n) is 6.73. The van der Waals surface area contributed by atoms with Crippen LogP contribution in [0.15, 0.2) is 29.3 Å². The van der Waals surface area contributed by atoms with E-state index in [0.717, 1.165) is 45.2 Å². The maximum atomic E-state index is 5.58. The molecule has 1 rings (SSSR count). The molecular weight excluding hydrogens is 427 g/mol. The van der Waals surface area contributed by atoms with Crippen molar-refractivity contribution >= 4 is 29.9 Å². The van der Waals surface area contributed by atoms with Crippen LogP contribution >= 0.6 is 24.0 Å². The summed E-state index contributed by atoms with van der Waals surface area (Å²) in [5.74, 6) is 1.42. The van der Waals surface area contributed by atoms with Crippen LogP contribution in [-0.2, 0) is 17.8 Å². The Morgan fingerprint density at radius 1 is 1.20 bits per heavy atom. The van der Waals surface area contributed by atoms with Gasteiger partial charge < -0.3 is 20.3 Å². The fraction of sp³-hybridized carbons (Fsp3) is 0.632. The summed E-state index contributed by atoms with van der Waals surface area (Å²) in [4.78, 5) is 6.44. The highest BCUT2D eigenvalue weighted by atomic mass is 127. The number of ether oxygens (including phenoxy) is 1. The van der Waals surface area contributed by atoms with Crippen molar-refractivity contribution in [2.75, 3.05) is 40.9 Å². The van der Waals surface area contributed by atoms with Gasteiger partial charge in [0.1, 0.15) is 0 Å². The fourth-order valence-corrected chi connectivity index (χ4v) is 2.31. The van der Waals surface area contributed by atoms with Crippen LogP contribution in [0, 0.1) is 5.92 Å². The third-order valence-electron chi connectivity index (χ3n) is 3.38. The second-order valence-corrected chi connectivity index (χ2v) is 6.73. The molecule has 0 atom stereocenters. The van der Waals surface area contributed by atoms with E-state index in [9.17, 15) is 0 Å². The van der Waals surface area contributed by atoms with E-state index in [1.165, 1.54) is 11.1 Å². The smallest absolute Gasteiger partial charge is 0.191 e. The fourth-order valence-electron chi connectivity index (χ4n) is 2.31. The predicted octanol–water partition coefficient (Wildman–Crippen LogP) is 3.09. The molecule has 0 radical (unpaired) electrons. The number of halogens is 1. The van der Waals surface area contributed by atoms with Crippen molar-refractivity contribution in [1.29, 1.82) is 0 Å². The Morgan fingerprint density at radius 3 is 2.56 bits per heavy atom. The molecule has 0 aliphatic heterocycles. The molecule has 0 spiro atoms. The first-order valence-electron chi connectivity index (χ1n) is 8.76. The molecule has 0 heterocycles. The van der Waals surface area contributed by atoms with Crippen LogP contribution in [-0.4, -0.2) is 51.8 Å². The Balaban J connectivity index is 0.00000576. The summed E-state index contributed by atoms with van der Waals surface area (Å²) in [5, 5.41) is 6.69. The molecule has 0 saturated carbocycles. The quantitative estimate of drug-likeness (QED) is 0.243. The van der Waals surface area contributed by atoms with Crippen LogP contribution in [0.1, 0.15) is 31.4 Å². The van der Waals surface area contributed by atoms with E-state index in [1.807, 2.05) is 0 Å². The standard InChI is InChI=1S/C19H34N4O.HI/c1-16(2)15-24-11-7-10-21-19(20-3)22-13-17-8-6-9-18(12-17)14-23(4)5;/h6,8-9,12,16H,7,10-11,13-15H2,1-5H3,(H2,20,21,22);1H. The minimum absolute atomic E-state index is 0. The maximum Gasteiger partial charge on any atom is 0.191 e. The molecule has 0 aliphatic rings. The summed E-state index contributed by atoms with van der Waals surface area (Å²) in [6.45, 7) is 8.53. The first-order chi connectivity index (χ1) is 11.5. The van der Waals surface area contributed by atoms with E-state index >= 15 is 0 Å². The molecule has 0 saturated heterocycles.